The number of hydrogen-bond donors (Lipinski definition) is 0. The van der Waals surface area contributed by atoms with E-state index in [9.17, 15) is 4.79 Å². The van der Waals surface area contributed by atoms with Crippen LogP contribution in [-0.2, 0) is 17.0 Å². The zero-order valence-corrected chi connectivity index (χ0v) is 17.0. The van der Waals surface area contributed by atoms with Gasteiger partial charge in [0.15, 0.2) is 5.16 Å². The largest absolute Gasteiger partial charge is 0.382 e. The van der Waals surface area contributed by atoms with Gasteiger partial charge in [0.2, 0.25) is 0 Å². The van der Waals surface area contributed by atoms with Gasteiger partial charge in [-0.2, -0.15) is 0 Å². The van der Waals surface area contributed by atoms with Gasteiger partial charge in [-0.05, 0) is 50.5 Å². The Balaban J connectivity index is 1.91. The summed E-state index contributed by atoms with van der Waals surface area (Å²) in [4.78, 5) is 17.8. The maximum Gasteiger partial charge on any atom is 0.262 e. The molecule has 27 heavy (non-hydrogen) atoms. The van der Waals surface area contributed by atoms with E-state index in [4.69, 9.17) is 9.72 Å². The molecule has 0 N–H and O–H groups in total. The fourth-order valence-corrected chi connectivity index (χ4v) is 4.11. The van der Waals surface area contributed by atoms with Crippen LogP contribution in [0.2, 0.25) is 0 Å². The Kier molecular flexibility index (Phi) is 6.69. The van der Waals surface area contributed by atoms with Crippen molar-refractivity contribution in [3.8, 4) is 0 Å². The highest BCUT2D eigenvalue weighted by Gasteiger charge is 2.12. The molecule has 0 aliphatic heterocycles. The minimum absolute atomic E-state index is 0.0283. The first-order valence-electron chi connectivity index (χ1n) is 9.36. The van der Waals surface area contributed by atoms with Gasteiger partial charge in [-0.3, -0.25) is 9.36 Å². The molecule has 1 heterocycles. The van der Waals surface area contributed by atoms with Gasteiger partial charge in [0.1, 0.15) is 0 Å². The fraction of sp³-hybridized carbons (Fsp3) is 0.364. The van der Waals surface area contributed by atoms with Crippen molar-refractivity contribution in [3.05, 3.63) is 69.5 Å². The molecule has 0 bridgehead atoms. The number of aromatic nitrogens is 2. The molecule has 0 radical (unpaired) electrons. The van der Waals surface area contributed by atoms with E-state index in [1.165, 1.54) is 16.7 Å². The lowest BCUT2D eigenvalue weighted by Gasteiger charge is -2.14. The first-order valence-corrected chi connectivity index (χ1v) is 10.3. The van der Waals surface area contributed by atoms with Crippen molar-refractivity contribution in [3.63, 3.8) is 0 Å². The van der Waals surface area contributed by atoms with Crippen molar-refractivity contribution < 1.29 is 4.74 Å². The van der Waals surface area contributed by atoms with Gasteiger partial charge in [-0.15, -0.1) is 0 Å². The van der Waals surface area contributed by atoms with Gasteiger partial charge in [0, 0.05) is 25.5 Å². The van der Waals surface area contributed by atoms with E-state index in [1.807, 2.05) is 31.2 Å². The molecule has 0 aliphatic carbocycles. The summed E-state index contributed by atoms with van der Waals surface area (Å²) in [6, 6.07) is 14.1. The molecule has 0 spiro atoms. The van der Waals surface area contributed by atoms with Crippen LogP contribution < -0.4 is 5.56 Å². The quantitative estimate of drug-likeness (QED) is 0.321. The lowest BCUT2D eigenvalue weighted by Crippen LogP contribution is -2.24. The standard InChI is InChI=1S/C22H26N2O2S/c1-4-26-13-7-12-24-21(25)19-8-5-6-9-20(19)23-22(24)27-15-18-14-16(2)10-11-17(18)3/h5-6,8-11,14H,4,7,12-13,15H2,1-3H3. The summed E-state index contributed by atoms with van der Waals surface area (Å²) < 4.78 is 7.24. The number of hydrogen-bond acceptors (Lipinski definition) is 4. The first-order chi connectivity index (χ1) is 13.1. The number of para-hydroxylation sites is 1. The Hall–Kier alpha value is -2.11. The Morgan fingerprint density at radius 2 is 1.96 bits per heavy atom. The van der Waals surface area contributed by atoms with E-state index >= 15 is 0 Å². The molecule has 0 unspecified atom stereocenters. The third-order valence-corrected chi connectivity index (χ3v) is 5.59. The Morgan fingerprint density at radius 1 is 1.15 bits per heavy atom. The van der Waals surface area contributed by atoms with Crippen molar-refractivity contribution in [1.29, 1.82) is 0 Å². The van der Waals surface area contributed by atoms with Crippen LogP contribution in [0.1, 0.15) is 30.0 Å². The van der Waals surface area contributed by atoms with E-state index in [0.29, 0.717) is 25.1 Å². The van der Waals surface area contributed by atoms with Crippen LogP contribution in [0.15, 0.2) is 52.4 Å². The van der Waals surface area contributed by atoms with E-state index in [0.717, 1.165) is 22.8 Å². The van der Waals surface area contributed by atoms with Crippen LogP contribution >= 0.6 is 11.8 Å². The maximum atomic E-state index is 13.0. The van der Waals surface area contributed by atoms with Crippen molar-refractivity contribution in [1.82, 2.24) is 9.55 Å². The van der Waals surface area contributed by atoms with Crippen molar-refractivity contribution in [2.75, 3.05) is 13.2 Å². The summed E-state index contributed by atoms with van der Waals surface area (Å²) in [6.45, 7) is 8.17. The van der Waals surface area contributed by atoms with Crippen molar-refractivity contribution >= 4 is 22.7 Å². The second-order valence-corrected chi connectivity index (χ2v) is 7.58. The lowest BCUT2D eigenvalue weighted by molar-refractivity contribution is 0.140. The summed E-state index contributed by atoms with van der Waals surface area (Å²) >= 11 is 1.63. The Morgan fingerprint density at radius 3 is 2.78 bits per heavy atom. The molecule has 2 aromatic carbocycles. The van der Waals surface area contributed by atoms with Gasteiger partial charge in [-0.1, -0.05) is 47.7 Å². The highest BCUT2D eigenvalue weighted by molar-refractivity contribution is 7.98. The fourth-order valence-electron chi connectivity index (χ4n) is 3.02. The van der Waals surface area contributed by atoms with Crippen LogP contribution in [0.5, 0.6) is 0 Å². The molecule has 0 aliphatic rings. The molecule has 3 aromatic rings. The van der Waals surface area contributed by atoms with Crippen LogP contribution in [0, 0.1) is 13.8 Å². The van der Waals surface area contributed by atoms with Gasteiger partial charge >= 0.3 is 0 Å². The molecular weight excluding hydrogens is 356 g/mol. The first kappa shape index (κ1) is 19.6. The average Bonchev–Trinajstić information content (AvgIpc) is 2.67. The Bertz CT molecular complexity index is 982. The molecule has 5 heteroatoms. The van der Waals surface area contributed by atoms with Gasteiger partial charge in [0.25, 0.3) is 5.56 Å². The SMILES string of the molecule is CCOCCCn1c(SCc2cc(C)ccc2C)nc2ccccc2c1=O. The van der Waals surface area contributed by atoms with E-state index in [-0.39, 0.29) is 5.56 Å². The molecular formula is C22H26N2O2S. The van der Waals surface area contributed by atoms with Crippen LogP contribution in [0.25, 0.3) is 10.9 Å². The number of fused-ring (bicyclic) bond motifs is 1. The summed E-state index contributed by atoms with van der Waals surface area (Å²) in [5.74, 6) is 0.795. The topological polar surface area (TPSA) is 44.1 Å². The molecule has 0 amide bonds. The van der Waals surface area contributed by atoms with Crippen LogP contribution in [0.4, 0.5) is 0 Å². The third-order valence-electron chi connectivity index (χ3n) is 4.56. The number of thioether (sulfide) groups is 1. The van der Waals surface area contributed by atoms with Gasteiger partial charge < -0.3 is 4.74 Å². The summed E-state index contributed by atoms with van der Waals surface area (Å²) in [5.41, 5.74) is 4.58. The molecule has 0 fully saturated rings. The molecule has 1 aromatic heterocycles. The van der Waals surface area contributed by atoms with E-state index in [1.54, 1.807) is 16.3 Å². The van der Waals surface area contributed by atoms with Gasteiger partial charge in [0.05, 0.1) is 10.9 Å². The van der Waals surface area contributed by atoms with Crippen molar-refractivity contribution in [2.24, 2.45) is 0 Å². The summed E-state index contributed by atoms with van der Waals surface area (Å²) in [7, 11) is 0. The zero-order chi connectivity index (χ0) is 19.2. The summed E-state index contributed by atoms with van der Waals surface area (Å²) in [6.07, 6.45) is 0.796. The molecule has 3 rings (SSSR count). The zero-order valence-electron chi connectivity index (χ0n) is 16.2. The van der Waals surface area contributed by atoms with E-state index in [2.05, 4.69) is 32.0 Å². The van der Waals surface area contributed by atoms with Crippen molar-refractivity contribution in [2.45, 2.75) is 44.6 Å². The number of benzene rings is 2. The summed E-state index contributed by atoms with van der Waals surface area (Å²) in [5, 5.41) is 1.45. The minimum Gasteiger partial charge on any atom is -0.382 e. The minimum atomic E-state index is 0.0283. The molecule has 0 atom stereocenters. The monoisotopic (exact) mass is 382 g/mol. The predicted molar refractivity (Wildman–Crippen MR) is 113 cm³/mol. The average molecular weight is 383 g/mol. The highest BCUT2D eigenvalue weighted by Crippen LogP contribution is 2.24. The van der Waals surface area contributed by atoms with E-state index < -0.39 is 0 Å². The second kappa shape index (κ2) is 9.20. The molecule has 142 valence electrons. The van der Waals surface area contributed by atoms with Gasteiger partial charge in [-0.25, -0.2) is 4.98 Å². The maximum absolute atomic E-state index is 13.0. The number of rotatable bonds is 8. The normalized spacial score (nSPS) is 11.2. The number of ether oxygens (including phenoxy) is 1. The number of aryl methyl sites for hydroxylation is 2. The second-order valence-electron chi connectivity index (χ2n) is 6.64. The predicted octanol–water partition coefficient (Wildman–Crippen LogP) is 4.73. The lowest BCUT2D eigenvalue weighted by atomic mass is 10.1. The highest BCUT2D eigenvalue weighted by atomic mass is 32.2. The van der Waals surface area contributed by atoms with Crippen LogP contribution in [0.3, 0.4) is 0 Å². The molecule has 4 nitrogen and oxygen atoms in total. The Labute approximate surface area is 164 Å². The smallest absolute Gasteiger partial charge is 0.262 e. The molecule has 0 saturated heterocycles. The number of nitrogens with zero attached hydrogens (tertiary/aromatic N) is 2. The molecule has 0 saturated carbocycles. The van der Waals surface area contributed by atoms with Crippen LogP contribution in [-0.4, -0.2) is 22.8 Å². The third kappa shape index (κ3) is 4.79.